The van der Waals surface area contributed by atoms with E-state index in [4.69, 9.17) is 17.1 Å². The summed E-state index contributed by atoms with van der Waals surface area (Å²) in [5.74, 6) is 0.620. The Morgan fingerprint density at radius 2 is 2.15 bits per heavy atom. The Kier molecular flexibility index (Phi) is 2.40. The minimum absolute atomic E-state index is 0.234. The second-order valence-corrected chi connectivity index (χ2v) is 5.20. The van der Waals surface area contributed by atoms with Crippen molar-refractivity contribution in [1.29, 1.82) is 0 Å². The smallest absolute Gasteiger partial charge is 0.122 e. The summed E-state index contributed by atoms with van der Waals surface area (Å²) in [5.41, 5.74) is -0.909. The van der Waals surface area contributed by atoms with Gasteiger partial charge in [-0.3, -0.25) is 0 Å². The van der Waals surface area contributed by atoms with Crippen LogP contribution in [0.2, 0.25) is 0 Å². The maximum absolute atomic E-state index is 10.2. The molecule has 0 aliphatic heterocycles. The number of rotatable bonds is 5. The number of aliphatic hydroxyl groups is 1. The minimum atomic E-state index is -3.36. The van der Waals surface area contributed by atoms with Crippen molar-refractivity contribution < 1.29 is 22.2 Å². The third-order valence-corrected chi connectivity index (χ3v) is 3.39. The number of benzene rings is 1. The van der Waals surface area contributed by atoms with Gasteiger partial charge in [-0.1, -0.05) is 12.1 Å². The Balaban J connectivity index is 2.11. The first-order chi connectivity index (χ1) is 13.2. The second-order valence-electron chi connectivity index (χ2n) is 5.20. The predicted molar refractivity (Wildman–Crippen MR) is 82.3 cm³/mol. The zero-order chi connectivity index (χ0) is 22.1. The first-order valence-corrected chi connectivity index (χ1v) is 6.87. The van der Waals surface area contributed by atoms with Crippen molar-refractivity contribution in [3.05, 3.63) is 29.3 Å². The van der Waals surface area contributed by atoms with Gasteiger partial charge in [0.15, 0.2) is 0 Å². The lowest BCUT2D eigenvalue weighted by molar-refractivity contribution is 0.0994. The van der Waals surface area contributed by atoms with Gasteiger partial charge in [0.05, 0.1) is 0 Å². The summed E-state index contributed by atoms with van der Waals surface area (Å²) in [4.78, 5) is 0. The Morgan fingerprint density at radius 3 is 2.95 bits per heavy atom. The molecular formula is C17H27NO2. The van der Waals surface area contributed by atoms with E-state index in [2.05, 4.69) is 5.32 Å². The highest BCUT2D eigenvalue weighted by atomic mass is 16.5. The molecule has 2 N–H and O–H groups in total. The third kappa shape index (κ3) is 4.50. The van der Waals surface area contributed by atoms with Gasteiger partial charge in [-0.2, -0.15) is 0 Å². The predicted octanol–water partition coefficient (Wildman–Crippen LogP) is 2.69. The highest BCUT2D eigenvalue weighted by molar-refractivity contribution is 5.41. The maximum atomic E-state index is 10.2. The first kappa shape index (κ1) is 7.28. The van der Waals surface area contributed by atoms with Crippen molar-refractivity contribution in [3.8, 4) is 5.75 Å². The van der Waals surface area contributed by atoms with E-state index in [1.165, 1.54) is 5.56 Å². The fourth-order valence-electron chi connectivity index (χ4n) is 2.40. The molecule has 0 aromatic heterocycles. The molecule has 20 heavy (non-hydrogen) atoms. The molecule has 0 radical (unpaired) electrons. The molecule has 0 heterocycles. The molecule has 0 saturated carbocycles. The minimum Gasteiger partial charge on any atom is -0.491 e. The normalized spacial score (nSPS) is 25.1. The molecule has 0 saturated heterocycles. The number of nitrogens with one attached hydrogen (secondary N) is 1. The van der Waals surface area contributed by atoms with E-state index < -0.39 is 38.7 Å². The van der Waals surface area contributed by atoms with E-state index in [0.29, 0.717) is 5.75 Å². The molecule has 0 amide bonds. The fourth-order valence-corrected chi connectivity index (χ4v) is 2.40. The standard InChI is InChI=1S/C17H27NO2/c1-17(2,3)18-11-14(19)12-20-16-10-6-8-13-7-4-5-9-15(13)16/h6,8,10,14,18-19H,4-5,7,9,11-12H2,1-3H3/i1D3,2D3,3D3. The summed E-state index contributed by atoms with van der Waals surface area (Å²) < 4.78 is 73.8. The van der Waals surface area contributed by atoms with Crippen molar-refractivity contribution in [3.63, 3.8) is 0 Å². The lowest BCUT2D eigenvalue weighted by atomic mass is 9.91. The topological polar surface area (TPSA) is 41.5 Å². The summed E-state index contributed by atoms with van der Waals surface area (Å²) in [7, 11) is 0. The number of hydrogen-bond acceptors (Lipinski definition) is 3. The van der Waals surface area contributed by atoms with Crippen LogP contribution in [0.1, 0.15) is 56.9 Å². The van der Waals surface area contributed by atoms with Crippen LogP contribution in [0.3, 0.4) is 0 Å². The highest BCUT2D eigenvalue weighted by Crippen LogP contribution is 2.29. The van der Waals surface area contributed by atoms with Crippen molar-refractivity contribution >= 4 is 0 Å². The maximum Gasteiger partial charge on any atom is 0.122 e. The average Bonchev–Trinajstić information content (AvgIpc) is 2.56. The molecule has 1 aromatic rings. The van der Waals surface area contributed by atoms with E-state index in [1.807, 2.05) is 12.1 Å². The molecule has 1 aromatic carbocycles. The number of fused-ring (bicyclic) bond motifs is 1. The van der Waals surface area contributed by atoms with Crippen LogP contribution in [-0.2, 0) is 12.8 Å². The number of ether oxygens (including phenoxy) is 1. The Labute approximate surface area is 135 Å². The van der Waals surface area contributed by atoms with Gasteiger partial charge in [-0.15, -0.1) is 0 Å². The van der Waals surface area contributed by atoms with Crippen molar-refractivity contribution in [2.45, 2.75) is 57.9 Å². The number of aliphatic hydroxyl groups excluding tert-OH is 1. The van der Waals surface area contributed by atoms with Crippen molar-refractivity contribution in [1.82, 2.24) is 5.32 Å². The molecule has 0 spiro atoms. The third-order valence-electron chi connectivity index (χ3n) is 3.39. The molecule has 0 fully saturated rings. The molecule has 3 heteroatoms. The average molecular weight is 286 g/mol. The molecule has 3 nitrogen and oxygen atoms in total. The first-order valence-electron chi connectivity index (χ1n) is 11.4. The number of hydrogen-bond donors (Lipinski definition) is 2. The van der Waals surface area contributed by atoms with Crippen LogP contribution >= 0.6 is 0 Å². The van der Waals surface area contributed by atoms with Gasteiger partial charge in [0.25, 0.3) is 0 Å². The summed E-state index contributed by atoms with van der Waals surface area (Å²) in [6, 6.07) is 5.66. The van der Waals surface area contributed by atoms with E-state index in [9.17, 15) is 5.11 Å². The molecular weight excluding hydrogens is 250 g/mol. The molecule has 1 unspecified atom stereocenters. The van der Waals surface area contributed by atoms with Crippen LogP contribution in [0.15, 0.2) is 18.2 Å². The Bertz CT molecular complexity index is 662. The van der Waals surface area contributed by atoms with Gasteiger partial charge in [-0.05, 0) is 63.4 Å². The molecule has 0 bridgehead atoms. The molecule has 112 valence electrons. The monoisotopic (exact) mass is 286 g/mol. The summed E-state index contributed by atoms with van der Waals surface area (Å²) >= 11 is 0. The van der Waals surface area contributed by atoms with Gasteiger partial charge in [0.1, 0.15) is 18.5 Å². The molecule has 1 aliphatic rings. The lowest BCUT2D eigenvalue weighted by Gasteiger charge is -2.24. The lowest BCUT2D eigenvalue weighted by Crippen LogP contribution is -2.42. The SMILES string of the molecule is [2H]C([2H])([2H])C(NCC(O)COc1cccc2c1CCCC2)(C([2H])([2H])[2H])C([2H])([2H])[2H]. The quantitative estimate of drug-likeness (QED) is 0.874. The summed E-state index contributed by atoms with van der Waals surface area (Å²) in [6.45, 7) is -10.9. The van der Waals surface area contributed by atoms with E-state index in [0.717, 1.165) is 31.2 Å². The van der Waals surface area contributed by atoms with Gasteiger partial charge in [0, 0.05) is 24.4 Å². The van der Waals surface area contributed by atoms with Crippen LogP contribution in [0.4, 0.5) is 0 Å². The summed E-state index contributed by atoms with van der Waals surface area (Å²) in [5, 5.41) is 12.4. The second kappa shape index (κ2) is 6.59. The number of aryl methyl sites for hydroxylation is 1. The fraction of sp³-hybridized carbons (Fsp3) is 0.647. The largest absolute Gasteiger partial charge is 0.491 e. The van der Waals surface area contributed by atoms with Crippen LogP contribution in [-0.4, -0.2) is 29.9 Å². The molecule has 1 atom stereocenters. The summed E-state index contributed by atoms with van der Waals surface area (Å²) in [6.07, 6.45) is 2.65. The Morgan fingerprint density at radius 1 is 1.35 bits per heavy atom. The van der Waals surface area contributed by atoms with Crippen LogP contribution in [0.5, 0.6) is 5.75 Å². The van der Waals surface area contributed by atoms with Gasteiger partial charge >= 0.3 is 0 Å². The van der Waals surface area contributed by atoms with Gasteiger partial charge in [-0.25, -0.2) is 0 Å². The van der Waals surface area contributed by atoms with Crippen molar-refractivity contribution in [2.24, 2.45) is 0 Å². The van der Waals surface area contributed by atoms with Gasteiger partial charge < -0.3 is 15.2 Å². The van der Waals surface area contributed by atoms with Crippen LogP contribution < -0.4 is 10.1 Å². The van der Waals surface area contributed by atoms with Crippen LogP contribution in [0, 0.1) is 0 Å². The van der Waals surface area contributed by atoms with E-state index in [1.54, 1.807) is 6.07 Å². The molecule has 1 aliphatic carbocycles. The van der Waals surface area contributed by atoms with Crippen LogP contribution in [0.25, 0.3) is 0 Å². The highest BCUT2D eigenvalue weighted by Gasteiger charge is 2.16. The van der Waals surface area contributed by atoms with E-state index >= 15 is 0 Å². The van der Waals surface area contributed by atoms with Gasteiger partial charge in [0.2, 0.25) is 0 Å². The van der Waals surface area contributed by atoms with E-state index in [-0.39, 0.29) is 6.61 Å². The zero-order valence-corrected chi connectivity index (χ0v) is 11.4. The molecule has 2 rings (SSSR count). The zero-order valence-electron chi connectivity index (χ0n) is 20.4. The van der Waals surface area contributed by atoms with Crippen molar-refractivity contribution in [2.75, 3.05) is 13.2 Å². The Hall–Kier alpha value is -1.06. The number of β-amino-alcohol motifs (C(OH)–C–C–N with tert-alkyl or cyclic N) is 1.